The van der Waals surface area contributed by atoms with Crippen LogP contribution in [0.25, 0.3) is 0 Å². The van der Waals surface area contributed by atoms with Crippen molar-refractivity contribution >= 4 is 43.4 Å². The Kier molecular flexibility index (Phi) is 5.57. The molecule has 2 heterocycles. The molecule has 3 unspecified atom stereocenters. The predicted molar refractivity (Wildman–Crippen MR) is 103 cm³/mol. The standard InChI is InChI=1S/C17H22BrN3O4S/c1-10-6-7-12(11(18)8-10)19-15(22)5-3-2-4-14-16-13(9-26(14,24)25)20-17(23)21-16/h6-8,13-14,16H,2-5,9H2,1H3,(H,19,22)(H2,20,21,23). The lowest BCUT2D eigenvalue weighted by Gasteiger charge is -2.16. The maximum absolute atomic E-state index is 12.2. The number of hydrogen-bond donors (Lipinski definition) is 3. The van der Waals surface area contributed by atoms with Crippen LogP contribution >= 0.6 is 15.9 Å². The molecule has 0 aromatic heterocycles. The van der Waals surface area contributed by atoms with Crippen LogP contribution in [0, 0.1) is 6.92 Å². The summed E-state index contributed by atoms with van der Waals surface area (Å²) in [5, 5.41) is 7.63. The average molecular weight is 444 g/mol. The summed E-state index contributed by atoms with van der Waals surface area (Å²) >= 11 is 3.42. The van der Waals surface area contributed by atoms with Crippen molar-refractivity contribution in [3.63, 3.8) is 0 Å². The van der Waals surface area contributed by atoms with E-state index in [-0.39, 0.29) is 29.8 Å². The molecule has 2 aliphatic heterocycles. The fraction of sp³-hybridized carbons (Fsp3) is 0.529. The van der Waals surface area contributed by atoms with Gasteiger partial charge in [0.2, 0.25) is 5.91 Å². The smallest absolute Gasteiger partial charge is 0.315 e. The van der Waals surface area contributed by atoms with Crippen LogP contribution in [-0.2, 0) is 14.6 Å². The molecule has 7 nitrogen and oxygen atoms in total. The summed E-state index contributed by atoms with van der Waals surface area (Å²) < 4.78 is 25.3. The van der Waals surface area contributed by atoms with Gasteiger partial charge in [-0.05, 0) is 53.4 Å². The molecule has 0 bridgehead atoms. The number of halogens is 1. The quantitative estimate of drug-likeness (QED) is 0.462. The van der Waals surface area contributed by atoms with Gasteiger partial charge in [0.1, 0.15) is 0 Å². The summed E-state index contributed by atoms with van der Waals surface area (Å²) in [7, 11) is -3.21. The highest BCUT2D eigenvalue weighted by Gasteiger charge is 2.51. The van der Waals surface area contributed by atoms with Crippen molar-refractivity contribution in [2.24, 2.45) is 0 Å². The van der Waals surface area contributed by atoms with Gasteiger partial charge in [-0.2, -0.15) is 0 Å². The van der Waals surface area contributed by atoms with Crippen LogP contribution in [0.1, 0.15) is 31.2 Å². The normalized spacial score (nSPS) is 26.1. The first-order valence-corrected chi connectivity index (χ1v) is 11.1. The number of benzene rings is 1. The monoisotopic (exact) mass is 443 g/mol. The number of hydrogen-bond acceptors (Lipinski definition) is 4. The number of carbonyl (C=O) groups excluding carboxylic acids is 2. The minimum absolute atomic E-state index is 0.0109. The Bertz CT molecular complexity index is 827. The van der Waals surface area contributed by atoms with Crippen molar-refractivity contribution in [2.45, 2.75) is 49.9 Å². The van der Waals surface area contributed by atoms with Crippen molar-refractivity contribution in [2.75, 3.05) is 11.1 Å². The van der Waals surface area contributed by atoms with E-state index in [1.54, 1.807) is 0 Å². The molecule has 1 aromatic rings. The second-order valence-corrected chi connectivity index (χ2v) is 10.0. The van der Waals surface area contributed by atoms with E-state index in [4.69, 9.17) is 0 Å². The molecule has 26 heavy (non-hydrogen) atoms. The molecule has 3 rings (SSSR count). The minimum Gasteiger partial charge on any atom is -0.332 e. The first kappa shape index (κ1) is 19.2. The molecule has 3 N–H and O–H groups in total. The number of fused-ring (bicyclic) bond motifs is 1. The van der Waals surface area contributed by atoms with Crippen LogP contribution in [0.15, 0.2) is 22.7 Å². The summed E-state index contributed by atoms with van der Waals surface area (Å²) in [4.78, 5) is 23.5. The number of amides is 3. The third kappa shape index (κ3) is 4.20. The average Bonchev–Trinajstić information content (AvgIpc) is 2.99. The highest BCUT2D eigenvalue weighted by Crippen LogP contribution is 2.28. The van der Waals surface area contributed by atoms with Crippen molar-refractivity contribution in [1.29, 1.82) is 0 Å². The van der Waals surface area contributed by atoms with Crippen LogP contribution in [-0.4, -0.2) is 43.4 Å². The third-order valence-electron chi connectivity index (χ3n) is 4.86. The van der Waals surface area contributed by atoms with Crippen molar-refractivity contribution in [3.8, 4) is 0 Å². The van der Waals surface area contributed by atoms with E-state index < -0.39 is 15.1 Å². The lowest BCUT2D eigenvalue weighted by atomic mass is 10.0. The van der Waals surface area contributed by atoms with Crippen LogP contribution in [0.4, 0.5) is 10.5 Å². The highest BCUT2D eigenvalue weighted by molar-refractivity contribution is 9.10. The van der Waals surface area contributed by atoms with Gasteiger partial charge in [0.15, 0.2) is 9.84 Å². The Balaban J connectivity index is 1.46. The molecule has 3 amide bonds. The Morgan fingerprint density at radius 1 is 1.31 bits per heavy atom. The number of unbranched alkanes of at least 4 members (excludes halogenated alkanes) is 1. The highest BCUT2D eigenvalue weighted by atomic mass is 79.9. The zero-order chi connectivity index (χ0) is 18.9. The Labute approximate surface area is 161 Å². The van der Waals surface area contributed by atoms with Gasteiger partial charge in [-0.1, -0.05) is 12.5 Å². The van der Waals surface area contributed by atoms with Gasteiger partial charge < -0.3 is 16.0 Å². The predicted octanol–water partition coefficient (Wildman–Crippen LogP) is 2.10. The van der Waals surface area contributed by atoms with Crippen LogP contribution < -0.4 is 16.0 Å². The molecular formula is C17H22BrN3O4S. The van der Waals surface area contributed by atoms with E-state index in [0.717, 1.165) is 15.7 Å². The summed E-state index contributed by atoms with van der Waals surface area (Å²) in [6.07, 6.45) is 1.99. The maximum atomic E-state index is 12.2. The van der Waals surface area contributed by atoms with E-state index in [9.17, 15) is 18.0 Å². The molecule has 0 aliphatic carbocycles. The molecule has 3 atom stereocenters. The SMILES string of the molecule is Cc1ccc(NC(=O)CCCCC2C3NC(=O)NC3CS2(=O)=O)c(Br)c1. The summed E-state index contributed by atoms with van der Waals surface area (Å²) in [5.74, 6) is -0.110. The Hall–Kier alpha value is -1.61. The Morgan fingerprint density at radius 2 is 2.08 bits per heavy atom. The minimum atomic E-state index is -3.21. The lowest BCUT2D eigenvalue weighted by molar-refractivity contribution is -0.116. The summed E-state index contributed by atoms with van der Waals surface area (Å²) in [5.41, 5.74) is 1.82. The number of anilines is 1. The molecule has 2 aliphatic rings. The fourth-order valence-corrected chi connectivity index (χ4v) is 6.43. The summed E-state index contributed by atoms with van der Waals surface area (Å²) in [6.45, 7) is 1.97. The maximum Gasteiger partial charge on any atom is 0.315 e. The number of sulfone groups is 1. The zero-order valence-electron chi connectivity index (χ0n) is 14.4. The first-order chi connectivity index (χ1) is 12.3. The third-order valence-corrected chi connectivity index (χ3v) is 7.79. The molecule has 142 valence electrons. The second kappa shape index (κ2) is 7.56. The van der Waals surface area contributed by atoms with Crippen LogP contribution in [0.5, 0.6) is 0 Å². The zero-order valence-corrected chi connectivity index (χ0v) is 16.8. The molecule has 2 fully saturated rings. The Morgan fingerprint density at radius 3 is 2.81 bits per heavy atom. The van der Waals surface area contributed by atoms with Gasteiger partial charge in [0.05, 0.1) is 28.8 Å². The van der Waals surface area contributed by atoms with Gasteiger partial charge in [0, 0.05) is 10.9 Å². The van der Waals surface area contributed by atoms with Gasteiger partial charge in [-0.25, -0.2) is 13.2 Å². The van der Waals surface area contributed by atoms with Crippen molar-refractivity contribution in [3.05, 3.63) is 28.2 Å². The van der Waals surface area contributed by atoms with Gasteiger partial charge >= 0.3 is 6.03 Å². The van der Waals surface area contributed by atoms with E-state index in [1.807, 2.05) is 25.1 Å². The molecular weight excluding hydrogens is 422 g/mol. The number of urea groups is 1. The second-order valence-electron chi connectivity index (χ2n) is 6.90. The van der Waals surface area contributed by atoms with Gasteiger partial charge in [-0.3, -0.25) is 4.79 Å². The van der Waals surface area contributed by atoms with Crippen molar-refractivity contribution < 1.29 is 18.0 Å². The number of carbonyl (C=O) groups is 2. The van der Waals surface area contributed by atoms with Crippen LogP contribution in [0.2, 0.25) is 0 Å². The summed E-state index contributed by atoms with van der Waals surface area (Å²) in [6, 6.07) is 4.71. The van der Waals surface area contributed by atoms with Crippen LogP contribution in [0.3, 0.4) is 0 Å². The first-order valence-electron chi connectivity index (χ1n) is 8.61. The van der Waals surface area contributed by atoms with E-state index >= 15 is 0 Å². The molecule has 9 heteroatoms. The number of nitrogens with one attached hydrogen (secondary N) is 3. The molecule has 2 saturated heterocycles. The number of rotatable bonds is 6. The number of aryl methyl sites for hydroxylation is 1. The topological polar surface area (TPSA) is 104 Å². The van der Waals surface area contributed by atoms with Crippen molar-refractivity contribution in [1.82, 2.24) is 10.6 Å². The molecule has 0 radical (unpaired) electrons. The van der Waals surface area contributed by atoms with E-state index in [1.165, 1.54) is 0 Å². The molecule has 1 aromatic carbocycles. The fourth-order valence-electron chi connectivity index (χ4n) is 3.57. The molecule has 0 saturated carbocycles. The molecule has 0 spiro atoms. The van der Waals surface area contributed by atoms with E-state index in [0.29, 0.717) is 25.7 Å². The van der Waals surface area contributed by atoms with Gasteiger partial charge in [-0.15, -0.1) is 0 Å². The van der Waals surface area contributed by atoms with E-state index in [2.05, 4.69) is 31.9 Å². The largest absolute Gasteiger partial charge is 0.332 e. The van der Waals surface area contributed by atoms with Gasteiger partial charge in [0.25, 0.3) is 0 Å². The lowest BCUT2D eigenvalue weighted by Crippen LogP contribution is -2.39.